The summed E-state index contributed by atoms with van der Waals surface area (Å²) >= 11 is 0. The number of aryl methyl sites for hydroxylation is 1. The minimum absolute atomic E-state index is 0.0977. The van der Waals surface area contributed by atoms with Gasteiger partial charge in [0.2, 0.25) is 0 Å². The third-order valence-corrected chi connectivity index (χ3v) is 3.84. The molecule has 1 unspecified atom stereocenters. The molecule has 0 aliphatic carbocycles. The first-order chi connectivity index (χ1) is 6.75. The third kappa shape index (κ3) is 2.22. The molecular formula is C10H13N2OS-. The molecule has 0 aromatic heterocycles. The molecule has 0 saturated heterocycles. The molecule has 0 radical (unpaired) electrons. The van der Waals surface area contributed by atoms with Crippen LogP contribution in [0.4, 0.5) is 0 Å². The molecule has 1 aliphatic rings. The second kappa shape index (κ2) is 4.23. The van der Waals surface area contributed by atoms with Crippen LogP contribution in [0.2, 0.25) is 0 Å². The molecule has 0 amide bonds. The maximum absolute atomic E-state index is 10.8. The SMILES string of the molecule is CN([O-])NS1=Cc2ccccc2CC1. The van der Waals surface area contributed by atoms with Crippen molar-refractivity contribution in [2.75, 3.05) is 12.8 Å². The van der Waals surface area contributed by atoms with E-state index in [0.29, 0.717) is 0 Å². The van der Waals surface area contributed by atoms with Crippen molar-refractivity contribution in [2.24, 2.45) is 0 Å². The van der Waals surface area contributed by atoms with Crippen molar-refractivity contribution < 1.29 is 0 Å². The molecule has 0 fully saturated rings. The van der Waals surface area contributed by atoms with E-state index in [2.05, 4.69) is 28.4 Å². The van der Waals surface area contributed by atoms with Gasteiger partial charge in [-0.05, 0) is 30.0 Å². The van der Waals surface area contributed by atoms with Gasteiger partial charge in [-0.2, -0.15) is 0 Å². The summed E-state index contributed by atoms with van der Waals surface area (Å²) < 4.78 is 0. The lowest BCUT2D eigenvalue weighted by Gasteiger charge is -2.27. The normalized spacial score (nSPS) is 20.4. The Labute approximate surface area is 86.3 Å². The quantitative estimate of drug-likeness (QED) is 0.592. The van der Waals surface area contributed by atoms with Gasteiger partial charge in [0.15, 0.2) is 0 Å². The molecule has 14 heavy (non-hydrogen) atoms. The molecule has 0 saturated carbocycles. The predicted molar refractivity (Wildman–Crippen MR) is 62.0 cm³/mol. The van der Waals surface area contributed by atoms with Gasteiger partial charge in [-0.25, -0.2) is 4.83 Å². The lowest BCUT2D eigenvalue weighted by atomic mass is 10.1. The fourth-order valence-electron chi connectivity index (χ4n) is 1.55. The maximum atomic E-state index is 10.8. The summed E-state index contributed by atoms with van der Waals surface area (Å²) in [7, 11) is 1.39. The van der Waals surface area contributed by atoms with Crippen LogP contribution in [-0.4, -0.2) is 23.3 Å². The highest BCUT2D eigenvalue weighted by Crippen LogP contribution is 2.21. The monoisotopic (exact) mass is 209 g/mol. The standard InChI is InChI=1S/C10H13N2OS/c1-12(13)11-14-7-6-9-4-2-3-5-10(9)8-14/h2-5,8,11H,6-7H2,1H3/q-1. The van der Waals surface area contributed by atoms with Crippen LogP contribution in [0, 0.1) is 5.21 Å². The van der Waals surface area contributed by atoms with Crippen LogP contribution in [0.15, 0.2) is 24.3 Å². The smallest absolute Gasteiger partial charge is 0.00683 e. The van der Waals surface area contributed by atoms with Gasteiger partial charge < -0.3 is 10.4 Å². The van der Waals surface area contributed by atoms with Crippen LogP contribution in [-0.2, 0) is 6.42 Å². The Balaban J connectivity index is 2.22. The molecule has 2 rings (SSSR count). The minimum atomic E-state index is -0.0977. The van der Waals surface area contributed by atoms with Crippen molar-refractivity contribution in [2.45, 2.75) is 6.42 Å². The number of hydrogen-bond acceptors (Lipinski definition) is 3. The number of fused-ring (bicyclic) bond motifs is 1. The van der Waals surface area contributed by atoms with Crippen LogP contribution >= 0.6 is 10.7 Å². The molecule has 4 heteroatoms. The lowest BCUT2D eigenvalue weighted by molar-refractivity contribution is 0.436. The first-order valence-corrected chi connectivity index (χ1v) is 6.01. The zero-order valence-electron chi connectivity index (χ0n) is 8.06. The summed E-state index contributed by atoms with van der Waals surface area (Å²) in [6, 6.07) is 8.33. The first kappa shape index (κ1) is 9.86. The molecule has 1 atom stereocenters. The average Bonchev–Trinajstić information content (AvgIpc) is 2.17. The number of nitrogens with one attached hydrogen (secondary N) is 1. The third-order valence-electron chi connectivity index (χ3n) is 2.16. The van der Waals surface area contributed by atoms with Crippen LogP contribution in [0.25, 0.3) is 0 Å². The molecule has 3 nitrogen and oxygen atoms in total. The largest absolute Gasteiger partial charge is 0.771 e. The molecule has 76 valence electrons. The van der Waals surface area contributed by atoms with Crippen molar-refractivity contribution in [3.8, 4) is 0 Å². The zero-order chi connectivity index (χ0) is 9.97. The summed E-state index contributed by atoms with van der Waals surface area (Å²) in [5.41, 5.74) is 2.64. The van der Waals surface area contributed by atoms with E-state index in [1.54, 1.807) is 0 Å². The van der Waals surface area contributed by atoms with Crippen LogP contribution in [0.1, 0.15) is 11.1 Å². The Morgan fingerprint density at radius 1 is 1.43 bits per heavy atom. The van der Waals surface area contributed by atoms with E-state index in [-0.39, 0.29) is 10.7 Å². The first-order valence-electron chi connectivity index (χ1n) is 4.55. The number of hydroxylamine groups is 1. The lowest BCUT2D eigenvalue weighted by Crippen LogP contribution is -2.26. The van der Waals surface area contributed by atoms with Gasteiger partial charge in [-0.1, -0.05) is 24.3 Å². The van der Waals surface area contributed by atoms with Crippen LogP contribution < -0.4 is 4.83 Å². The van der Waals surface area contributed by atoms with E-state index in [0.717, 1.165) is 17.3 Å². The Morgan fingerprint density at radius 3 is 3.00 bits per heavy atom. The summed E-state index contributed by atoms with van der Waals surface area (Å²) in [5.74, 6) is 1.02. The summed E-state index contributed by atoms with van der Waals surface area (Å²) in [6.07, 6.45) is 1.05. The van der Waals surface area contributed by atoms with E-state index in [1.807, 2.05) is 6.07 Å². The zero-order valence-corrected chi connectivity index (χ0v) is 8.88. The van der Waals surface area contributed by atoms with Crippen molar-refractivity contribution in [1.82, 2.24) is 10.0 Å². The van der Waals surface area contributed by atoms with Gasteiger partial charge in [-0.15, -0.1) is 10.7 Å². The highest BCUT2D eigenvalue weighted by molar-refractivity contribution is 8.13. The Bertz CT molecular complexity index is 363. The summed E-state index contributed by atoms with van der Waals surface area (Å²) in [4.78, 5) is 2.87. The fourth-order valence-corrected chi connectivity index (χ4v) is 3.11. The molecule has 0 spiro atoms. The summed E-state index contributed by atoms with van der Waals surface area (Å²) in [6.45, 7) is 0. The number of hydrazine groups is 1. The second-order valence-corrected chi connectivity index (χ2v) is 4.97. The number of rotatable bonds is 2. The summed E-state index contributed by atoms with van der Waals surface area (Å²) in [5, 5.41) is 13.7. The van der Waals surface area contributed by atoms with Gasteiger partial charge in [0.1, 0.15) is 0 Å². The van der Waals surface area contributed by atoms with Crippen molar-refractivity contribution >= 4 is 16.0 Å². The van der Waals surface area contributed by atoms with Gasteiger partial charge in [0, 0.05) is 5.75 Å². The van der Waals surface area contributed by atoms with Crippen LogP contribution in [0.5, 0.6) is 0 Å². The molecule has 1 heterocycles. The molecule has 1 aromatic carbocycles. The predicted octanol–water partition coefficient (Wildman–Crippen LogP) is 1.51. The average molecular weight is 209 g/mol. The molecular weight excluding hydrogens is 196 g/mol. The minimum Gasteiger partial charge on any atom is -0.771 e. The molecule has 1 N–H and O–H groups in total. The van der Waals surface area contributed by atoms with Crippen molar-refractivity contribution in [3.05, 3.63) is 40.6 Å². The highest BCUT2D eigenvalue weighted by atomic mass is 32.2. The van der Waals surface area contributed by atoms with Gasteiger partial charge in [0.25, 0.3) is 0 Å². The molecule has 0 bridgehead atoms. The van der Waals surface area contributed by atoms with E-state index in [9.17, 15) is 5.21 Å². The van der Waals surface area contributed by atoms with Gasteiger partial charge in [0.05, 0.1) is 0 Å². The van der Waals surface area contributed by atoms with Crippen molar-refractivity contribution in [1.29, 1.82) is 0 Å². The number of hydrogen-bond donors (Lipinski definition) is 1. The van der Waals surface area contributed by atoms with E-state index in [4.69, 9.17) is 0 Å². The van der Waals surface area contributed by atoms with Gasteiger partial charge in [-0.3, -0.25) is 0 Å². The number of nitrogens with zero attached hydrogens (tertiary/aromatic N) is 1. The Morgan fingerprint density at radius 2 is 2.21 bits per heavy atom. The topological polar surface area (TPSA) is 38.3 Å². The van der Waals surface area contributed by atoms with Gasteiger partial charge >= 0.3 is 0 Å². The molecule has 1 aromatic rings. The van der Waals surface area contributed by atoms with Crippen molar-refractivity contribution in [3.63, 3.8) is 0 Å². The maximum Gasteiger partial charge on any atom is 0.00683 e. The van der Waals surface area contributed by atoms with E-state index in [1.165, 1.54) is 18.2 Å². The van der Waals surface area contributed by atoms with Crippen LogP contribution in [0.3, 0.4) is 0 Å². The highest BCUT2D eigenvalue weighted by Gasteiger charge is 2.07. The Kier molecular flexibility index (Phi) is 2.98. The van der Waals surface area contributed by atoms with E-state index >= 15 is 0 Å². The molecule has 1 aliphatic heterocycles. The Hall–Kier alpha value is -0.680. The number of benzene rings is 1. The fraction of sp³-hybridized carbons (Fsp3) is 0.300. The second-order valence-electron chi connectivity index (χ2n) is 3.29. The van der Waals surface area contributed by atoms with E-state index < -0.39 is 0 Å².